The van der Waals surface area contributed by atoms with Crippen molar-refractivity contribution in [1.29, 1.82) is 0 Å². The Bertz CT molecular complexity index is 926. The van der Waals surface area contributed by atoms with Gasteiger partial charge in [0.25, 0.3) is 5.91 Å². The molecule has 27 heavy (non-hydrogen) atoms. The summed E-state index contributed by atoms with van der Waals surface area (Å²) in [4.78, 5) is 14.3. The molecule has 1 amide bonds. The third kappa shape index (κ3) is 4.64. The molecule has 0 bridgehead atoms. The molecule has 2 aromatic carbocycles. The minimum atomic E-state index is -0.0846. The van der Waals surface area contributed by atoms with Crippen molar-refractivity contribution in [2.24, 2.45) is 0 Å². The maximum atomic E-state index is 12.2. The van der Waals surface area contributed by atoms with Crippen LogP contribution in [-0.2, 0) is 11.4 Å². The zero-order valence-electron chi connectivity index (χ0n) is 15.1. The fourth-order valence-corrected chi connectivity index (χ4v) is 4.46. The standard InChI is InChI=1S/C20H18INO3S2/c1-12-4-6-13(7-5-12)11-25-18-15(21)8-14(9-16(18)24-3)10-17-19(23)22(2)20(26)27-17/h4-10H,11H2,1-3H3/b17-10+. The third-order valence-corrected chi connectivity index (χ3v) is 6.33. The molecule has 0 radical (unpaired) electrons. The number of benzene rings is 2. The Kier molecular flexibility index (Phi) is 6.44. The number of nitrogens with zero attached hydrogens (tertiary/aromatic N) is 1. The monoisotopic (exact) mass is 511 g/mol. The van der Waals surface area contributed by atoms with Gasteiger partial charge in [0, 0.05) is 7.05 Å². The molecule has 1 saturated heterocycles. The number of methoxy groups -OCH3 is 1. The van der Waals surface area contributed by atoms with E-state index >= 15 is 0 Å². The number of likely N-dealkylation sites (N-methyl/N-ethyl adjacent to an activating group) is 1. The lowest BCUT2D eigenvalue weighted by atomic mass is 10.1. The number of carbonyl (C=O) groups excluding carboxylic acids is 1. The zero-order valence-corrected chi connectivity index (χ0v) is 18.9. The number of hydrogen-bond donors (Lipinski definition) is 0. The Morgan fingerprint density at radius 1 is 1.26 bits per heavy atom. The lowest BCUT2D eigenvalue weighted by Gasteiger charge is -2.14. The first-order chi connectivity index (χ1) is 12.9. The molecular weight excluding hydrogens is 493 g/mol. The van der Waals surface area contributed by atoms with Crippen LogP contribution >= 0.6 is 46.6 Å². The molecule has 1 aliphatic heterocycles. The summed E-state index contributed by atoms with van der Waals surface area (Å²) < 4.78 is 13.0. The predicted octanol–water partition coefficient (Wildman–Crippen LogP) is 5.02. The van der Waals surface area contributed by atoms with E-state index in [4.69, 9.17) is 21.7 Å². The highest BCUT2D eigenvalue weighted by Gasteiger charge is 2.28. The van der Waals surface area contributed by atoms with Crippen LogP contribution in [0, 0.1) is 10.5 Å². The molecule has 0 saturated carbocycles. The molecule has 0 aliphatic carbocycles. The average molecular weight is 511 g/mol. The molecule has 0 aromatic heterocycles. The molecule has 0 atom stereocenters. The van der Waals surface area contributed by atoms with E-state index in [2.05, 4.69) is 53.8 Å². The van der Waals surface area contributed by atoms with Crippen molar-refractivity contribution >= 4 is 62.9 Å². The van der Waals surface area contributed by atoms with Gasteiger partial charge in [0.1, 0.15) is 10.9 Å². The van der Waals surface area contributed by atoms with Crippen LogP contribution in [0.4, 0.5) is 0 Å². The smallest absolute Gasteiger partial charge is 0.265 e. The minimum Gasteiger partial charge on any atom is -0.493 e. The predicted molar refractivity (Wildman–Crippen MR) is 122 cm³/mol. The number of thiocarbonyl (C=S) groups is 1. The Balaban J connectivity index is 1.84. The normalized spacial score (nSPS) is 15.6. The van der Waals surface area contributed by atoms with Gasteiger partial charge < -0.3 is 9.47 Å². The summed E-state index contributed by atoms with van der Waals surface area (Å²) in [6, 6.07) is 12.1. The summed E-state index contributed by atoms with van der Waals surface area (Å²) in [5.74, 6) is 1.24. The lowest BCUT2D eigenvalue weighted by Crippen LogP contribution is -2.22. The first-order valence-corrected chi connectivity index (χ1v) is 10.5. The number of hydrogen-bond acceptors (Lipinski definition) is 5. The van der Waals surface area contributed by atoms with Crippen LogP contribution in [0.5, 0.6) is 11.5 Å². The van der Waals surface area contributed by atoms with Crippen molar-refractivity contribution in [3.63, 3.8) is 0 Å². The number of rotatable bonds is 5. The molecule has 1 heterocycles. The molecule has 0 N–H and O–H groups in total. The van der Waals surface area contributed by atoms with Crippen LogP contribution in [0.2, 0.25) is 0 Å². The molecule has 3 rings (SSSR count). The minimum absolute atomic E-state index is 0.0846. The van der Waals surface area contributed by atoms with Crippen LogP contribution in [0.15, 0.2) is 41.3 Å². The molecule has 4 nitrogen and oxygen atoms in total. The lowest BCUT2D eigenvalue weighted by molar-refractivity contribution is -0.121. The molecule has 0 unspecified atom stereocenters. The molecule has 2 aromatic rings. The van der Waals surface area contributed by atoms with Crippen LogP contribution in [0.25, 0.3) is 6.08 Å². The molecule has 140 valence electrons. The quantitative estimate of drug-likeness (QED) is 0.321. The van der Waals surface area contributed by atoms with Crippen molar-refractivity contribution in [2.45, 2.75) is 13.5 Å². The maximum absolute atomic E-state index is 12.2. The summed E-state index contributed by atoms with van der Waals surface area (Å²) in [6.45, 7) is 2.52. The van der Waals surface area contributed by atoms with Gasteiger partial charge in [0.2, 0.25) is 0 Å². The average Bonchev–Trinajstić information content (AvgIpc) is 2.88. The van der Waals surface area contributed by atoms with E-state index in [-0.39, 0.29) is 5.91 Å². The van der Waals surface area contributed by atoms with Crippen molar-refractivity contribution in [3.8, 4) is 11.5 Å². The second-order valence-corrected chi connectivity index (χ2v) is 8.89. The fraction of sp³-hybridized carbons (Fsp3) is 0.200. The van der Waals surface area contributed by atoms with Gasteiger partial charge in [-0.15, -0.1) is 0 Å². The third-order valence-electron chi connectivity index (χ3n) is 4.04. The number of ether oxygens (including phenoxy) is 2. The molecule has 0 spiro atoms. The first kappa shape index (κ1) is 20.2. The number of carbonyl (C=O) groups is 1. The van der Waals surface area contributed by atoms with Crippen molar-refractivity contribution in [1.82, 2.24) is 4.90 Å². The number of aryl methyl sites for hydroxylation is 1. The number of halogens is 1. The van der Waals surface area contributed by atoms with E-state index in [0.29, 0.717) is 27.3 Å². The van der Waals surface area contributed by atoms with E-state index in [1.54, 1.807) is 14.2 Å². The van der Waals surface area contributed by atoms with Crippen molar-refractivity contribution < 1.29 is 14.3 Å². The van der Waals surface area contributed by atoms with Gasteiger partial charge in [-0.3, -0.25) is 9.69 Å². The molecule has 1 aliphatic rings. The first-order valence-electron chi connectivity index (χ1n) is 8.16. The Morgan fingerprint density at radius 3 is 2.56 bits per heavy atom. The van der Waals surface area contributed by atoms with Crippen LogP contribution < -0.4 is 9.47 Å². The summed E-state index contributed by atoms with van der Waals surface area (Å²) in [5, 5.41) is 0. The van der Waals surface area contributed by atoms with E-state index in [1.807, 2.05) is 18.2 Å². The van der Waals surface area contributed by atoms with Crippen LogP contribution in [0.1, 0.15) is 16.7 Å². The van der Waals surface area contributed by atoms with E-state index in [0.717, 1.165) is 14.7 Å². The Labute approximate surface area is 182 Å². The van der Waals surface area contributed by atoms with Gasteiger partial charge in [-0.05, 0) is 58.9 Å². The summed E-state index contributed by atoms with van der Waals surface area (Å²) in [6.07, 6.45) is 1.83. The Hall–Kier alpha value is -1.58. The SMILES string of the molecule is COc1cc(/C=C2/SC(=S)N(C)C2=O)cc(I)c1OCc1ccc(C)cc1. The largest absolute Gasteiger partial charge is 0.493 e. The maximum Gasteiger partial charge on any atom is 0.265 e. The highest BCUT2D eigenvalue weighted by Crippen LogP contribution is 2.37. The zero-order chi connectivity index (χ0) is 19.6. The van der Waals surface area contributed by atoms with Crippen LogP contribution in [-0.4, -0.2) is 29.3 Å². The van der Waals surface area contributed by atoms with Crippen LogP contribution in [0.3, 0.4) is 0 Å². The Morgan fingerprint density at radius 2 is 1.96 bits per heavy atom. The summed E-state index contributed by atoms with van der Waals surface area (Å²) >= 11 is 8.70. The van der Waals surface area contributed by atoms with E-state index < -0.39 is 0 Å². The number of thioether (sulfide) groups is 1. The molecular formula is C20H18INO3S2. The molecule has 1 fully saturated rings. The fourth-order valence-electron chi connectivity index (χ4n) is 2.50. The van der Waals surface area contributed by atoms with Crippen molar-refractivity contribution in [2.75, 3.05) is 14.2 Å². The summed E-state index contributed by atoms with van der Waals surface area (Å²) in [7, 11) is 3.30. The number of amides is 1. The van der Waals surface area contributed by atoms with Gasteiger partial charge in [0.15, 0.2) is 11.5 Å². The van der Waals surface area contributed by atoms with Gasteiger partial charge in [0.05, 0.1) is 15.6 Å². The topological polar surface area (TPSA) is 38.8 Å². The van der Waals surface area contributed by atoms with Gasteiger partial charge >= 0.3 is 0 Å². The van der Waals surface area contributed by atoms with E-state index in [9.17, 15) is 4.79 Å². The van der Waals surface area contributed by atoms with E-state index in [1.165, 1.54) is 22.2 Å². The van der Waals surface area contributed by atoms with Gasteiger partial charge in [-0.2, -0.15) is 0 Å². The van der Waals surface area contributed by atoms with Crippen molar-refractivity contribution in [3.05, 3.63) is 61.6 Å². The van der Waals surface area contributed by atoms with Gasteiger partial charge in [-0.25, -0.2) is 0 Å². The highest BCUT2D eigenvalue weighted by molar-refractivity contribution is 14.1. The summed E-state index contributed by atoms with van der Waals surface area (Å²) in [5.41, 5.74) is 3.18. The van der Waals surface area contributed by atoms with Gasteiger partial charge in [-0.1, -0.05) is 53.8 Å². The highest BCUT2D eigenvalue weighted by atomic mass is 127. The molecule has 7 heteroatoms. The second kappa shape index (κ2) is 8.62. The second-order valence-electron chi connectivity index (χ2n) is 6.05.